The molecule has 0 fully saturated rings. The minimum Gasteiger partial charge on any atom is -0.495 e. The van der Waals surface area contributed by atoms with E-state index in [0.29, 0.717) is 38.8 Å². The summed E-state index contributed by atoms with van der Waals surface area (Å²) in [4.78, 5) is 36.8. The van der Waals surface area contributed by atoms with Gasteiger partial charge in [0, 0.05) is 12.3 Å². The molecule has 0 aliphatic heterocycles. The zero-order valence-corrected chi connectivity index (χ0v) is 19.2. The van der Waals surface area contributed by atoms with Gasteiger partial charge in [0.2, 0.25) is 0 Å². The summed E-state index contributed by atoms with van der Waals surface area (Å²) in [6, 6.07) is 17.0. The molecule has 0 atom stereocenters. The van der Waals surface area contributed by atoms with E-state index in [1.807, 2.05) is 12.1 Å². The van der Waals surface area contributed by atoms with Crippen LogP contribution >= 0.6 is 11.3 Å². The number of para-hydroxylation sites is 1. The summed E-state index contributed by atoms with van der Waals surface area (Å²) < 4.78 is 17.5. The van der Waals surface area contributed by atoms with Gasteiger partial charge in [0.05, 0.1) is 31.8 Å². The lowest BCUT2D eigenvalue weighted by atomic mass is 10.2. The summed E-state index contributed by atoms with van der Waals surface area (Å²) in [5.41, 5.74) is 1.26. The number of ether oxygens (including phenoxy) is 2. The number of fused-ring (bicyclic) bond motifs is 2. The van der Waals surface area contributed by atoms with E-state index in [1.165, 1.54) is 22.3 Å². The maximum atomic E-state index is 13.7. The predicted octanol–water partition coefficient (Wildman–Crippen LogP) is 4.66. The number of amides is 1. The van der Waals surface area contributed by atoms with Crippen LogP contribution in [0.25, 0.3) is 21.2 Å². The van der Waals surface area contributed by atoms with E-state index in [2.05, 4.69) is 4.98 Å². The number of methoxy groups -OCH3 is 2. The largest absolute Gasteiger partial charge is 0.495 e. The fraction of sp³-hybridized carbons (Fsp3) is 0.120. The van der Waals surface area contributed by atoms with Gasteiger partial charge in [-0.25, -0.2) is 4.98 Å². The van der Waals surface area contributed by atoms with Gasteiger partial charge in [0.1, 0.15) is 27.3 Å². The summed E-state index contributed by atoms with van der Waals surface area (Å²) in [6.07, 6.45) is 1.65. The Morgan fingerprint density at radius 2 is 1.79 bits per heavy atom. The van der Waals surface area contributed by atoms with Crippen molar-refractivity contribution in [1.82, 2.24) is 9.97 Å². The Morgan fingerprint density at radius 3 is 2.56 bits per heavy atom. The van der Waals surface area contributed by atoms with Crippen LogP contribution in [0.1, 0.15) is 16.2 Å². The zero-order chi connectivity index (χ0) is 23.7. The number of thiazole rings is 1. The van der Waals surface area contributed by atoms with Crippen LogP contribution in [0.5, 0.6) is 11.5 Å². The quantitative estimate of drug-likeness (QED) is 0.354. The van der Waals surface area contributed by atoms with E-state index in [-0.39, 0.29) is 17.7 Å². The van der Waals surface area contributed by atoms with Gasteiger partial charge in [0.25, 0.3) is 5.91 Å². The van der Waals surface area contributed by atoms with Crippen molar-refractivity contribution in [3.8, 4) is 11.5 Å². The normalized spacial score (nSPS) is 11.0. The lowest BCUT2D eigenvalue weighted by molar-refractivity contribution is 0.0958. The van der Waals surface area contributed by atoms with Gasteiger partial charge >= 0.3 is 0 Å². The average molecular weight is 474 g/mol. The van der Waals surface area contributed by atoms with E-state index in [0.717, 1.165) is 4.70 Å². The van der Waals surface area contributed by atoms with Crippen molar-refractivity contribution >= 4 is 43.6 Å². The first-order valence-electron chi connectivity index (χ1n) is 10.3. The van der Waals surface area contributed by atoms with Crippen molar-refractivity contribution in [3.05, 3.63) is 88.5 Å². The summed E-state index contributed by atoms with van der Waals surface area (Å²) >= 11 is 1.28. The minimum absolute atomic E-state index is 0.0854. The summed E-state index contributed by atoms with van der Waals surface area (Å²) in [7, 11) is 3.13. The summed E-state index contributed by atoms with van der Waals surface area (Å²) in [6.45, 7) is 0.126. The Kier molecular flexibility index (Phi) is 5.69. The van der Waals surface area contributed by atoms with Crippen molar-refractivity contribution in [2.75, 3.05) is 19.1 Å². The first kappa shape index (κ1) is 21.6. The van der Waals surface area contributed by atoms with E-state index in [4.69, 9.17) is 18.9 Å². The molecule has 3 heterocycles. The highest BCUT2D eigenvalue weighted by Crippen LogP contribution is 2.40. The molecule has 2 aromatic carbocycles. The SMILES string of the molecule is COc1ccc(OC)c2sc(N(Cc3ccccn3)C(=O)c3cc(=O)c4ccccc4o3)nc12. The van der Waals surface area contributed by atoms with E-state index in [1.54, 1.807) is 62.9 Å². The molecule has 8 nitrogen and oxygen atoms in total. The topological polar surface area (TPSA) is 94.8 Å². The number of carbonyl (C=O) groups is 1. The third kappa shape index (κ3) is 3.86. The molecule has 5 rings (SSSR count). The van der Waals surface area contributed by atoms with Crippen molar-refractivity contribution in [3.63, 3.8) is 0 Å². The molecule has 0 bridgehead atoms. The Hall–Kier alpha value is -4.24. The van der Waals surface area contributed by atoms with Gasteiger partial charge in [-0.15, -0.1) is 0 Å². The highest BCUT2D eigenvalue weighted by molar-refractivity contribution is 7.22. The van der Waals surface area contributed by atoms with Gasteiger partial charge < -0.3 is 13.9 Å². The fourth-order valence-corrected chi connectivity index (χ4v) is 4.68. The zero-order valence-electron chi connectivity index (χ0n) is 18.3. The van der Waals surface area contributed by atoms with Crippen molar-refractivity contribution < 1.29 is 18.7 Å². The number of pyridine rings is 1. The van der Waals surface area contributed by atoms with Crippen LogP contribution in [0, 0.1) is 0 Å². The van der Waals surface area contributed by atoms with Gasteiger partial charge in [-0.1, -0.05) is 29.5 Å². The maximum absolute atomic E-state index is 13.7. The molecule has 0 aliphatic rings. The lowest BCUT2D eigenvalue weighted by Crippen LogP contribution is -2.31. The molecule has 1 amide bonds. The Labute approximate surface area is 198 Å². The molecule has 0 unspecified atom stereocenters. The highest BCUT2D eigenvalue weighted by atomic mass is 32.1. The third-order valence-electron chi connectivity index (χ3n) is 5.27. The second kappa shape index (κ2) is 8.95. The number of benzene rings is 2. The van der Waals surface area contributed by atoms with Crippen molar-refractivity contribution in [2.24, 2.45) is 0 Å². The Bertz CT molecular complexity index is 1520. The standard InChI is InChI=1S/C25H19N3O5S/c1-31-19-10-11-20(32-2)23-22(19)27-25(34-23)28(14-15-7-5-6-12-26-15)24(30)21-13-17(29)16-8-3-4-9-18(16)33-21/h3-13H,14H2,1-2H3. The number of rotatable bonds is 6. The Morgan fingerprint density at radius 1 is 1.03 bits per heavy atom. The maximum Gasteiger partial charge on any atom is 0.296 e. The first-order chi connectivity index (χ1) is 16.6. The van der Waals surface area contributed by atoms with E-state index >= 15 is 0 Å². The van der Waals surface area contributed by atoms with Crippen LogP contribution in [0.3, 0.4) is 0 Å². The third-order valence-corrected chi connectivity index (χ3v) is 6.36. The minimum atomic E-state index is -0.509. The van der Waals surface area contributed by atoms with Gasteiger partial charge in [-0.2, -0.15) is 0 Å². The molecule has 0 N–H and O–H groups in total. The molecule has 0 saturated heterocycles. The summed E-state index contributed by atoms with van der Waals surface area (Å²) in [5, 5.41) is 0.800. The number of hydrogen-bond acceptors (Lipinski definition) is 8. The monoisotopic (exact) mass is 473 g/mol. The molecule has 0 saturated carbocycles. The molecular formula is C25H19N3O5S. The van der Waals surface area contributed by atoms with Gasteiger partial charge in [-0.3, -0.25) is 19.5 Å². The molecule has 5 aromatic rings. The van der Waals surface area contributed by atoms with Crippen LogP contribution in [0.2, 0.25) is 0 Å². The fourth-order valence-electron chi connectivity index (χ4n) is 3.61. The molecule has 34 heavy (non-hydrogen) atoms. The predicted molar refractivity (Wildman–Crippen MR) is 130 cm³/mol. The molecule has 170 valence electrons. The van der Waals surface area contributed by atoms with Crippen LogP contribution in [0.15, 0.2) is 76.1 Å². The highest BCUT2D eigenvalue weighted by Gasteiger charge is 2.26. The van der Waals surface area contributed by atoms with Crippen molar-refractivity contribution in [1.29, 1.82) is 0 Å². The molecule has 0 aliphatic carbocycles. The molecule has 0 spiro atoms. The van der Waals surface area contributed by atoms with Crippen LogP contribution in [-0.2, 0) is 6.54 Å². The first-order valence-corrected chi connectivity index (χ1v) is 11.2. The number of anilines is 1. The van der Waals surface area contributed by atoms with Gasteiger partial charge in [-0.05, 0) is 36.4 Å². The molecule has 3 aromatic heterocycles. The van der Waals surface area contributed by atoms with Crippen LogP contribution < -0.4 is 19.8 Å². The summed E-state index contributed by atoms with van der Waals surface area (Å²) in [5.74, 6) is 0.575. The van der Waals surface area contributed by atoms with Crippen molar-refractivity contribution in [2.45, 2.75) is 6.54 Å². The average Bonchev–Trinajstić information content (AvgIpc) is 3.32. The number of nitrogens with zero attached hydrogens (tertiary/aromatic N) is 3. The smallest absolute Gasteiger partial charge is 0.296 e. The van der Waals surface area contributed by atoms with Crippen LogP contribution in [0.4, 0.5) is 5.13 Å². The molecular weight excluding hydrogens is 454 g/mol. The second-order valence-corrected chi connectivity index (χ2v) is 8.31. The second-order valence-electron chi connectivity index (χ2n) is 7.33. The molecule has 9 heteroatoms. The number of hydrogen-bond donors (Lipinski definition) is 0. The van der Waals surface area contributed by atoms with Gasteiger partial charge in [0.15, 0.2) is 16.3 Å². The van der Waals surface area contributed by atoms with E-state index in [9.17, 15) is 9.59 Å². The molecule has 0 radical (unpaired) electrons. The van der Waals surface area contributed by atoms with E-state index < -0.39 is 5.91 Å². The Balaban J connectivity index is 1.66. The van der Waals surface area contributed by atoms with Crippen LogP contribution in [-0.4, -0.2) is 30.1 Å². The lowest BCUT2D eigenvalue weighted by Gasteiger charge is -2.19. The number of carbonyl (C=O) groups excluding carboxylic acids is 1. The number of aromatic nitrogens is 2.